The zero-order valence-electron chi connectivity index (χ0n) is 9.14. The highest BCUT2D eigenvalue weighted by Crippen LogP contribution is 2.34. The molecular weight excluding hydrogens is 255 g/mol. The molecule has 1 aromatic heterocycles. The van der Waals surface area contributed by atoms with Crippen molar-refractivity contribution in [3.8, 4) is 16.2 Å². The van der Waals surface area contributed by atoms with E-state index in [4.69, 9.17) is 4.74 Å². The topological polar surface area (TPSA) is 51.2 Å². The Balaban J connectivity index is 2.38. The van der Waals surface area contributed by atoms with Crippen LogP contribution in [-0.4, -0.2) is 17.7 Å². The maximum Gasteiger partial charge on any atom is 0.239 e. The van der Waals surface area contributed by atoms with Crippen molar-refractivity contribution in [3.63, 3.8) is 0 Å². The molecule has 0 saturated carbocycles. The number of thiazole rings is 1. The molecule has 88 valence electrons. The molecule has 1 N–H and O–H groups in total. The summed E-state index contributed by atoms with van der Waals surface area (Å²) >= 11 is 1.54. The Hall–Kier alpha value is -1.45. The van der Waals surface area contributed by atoms with Gasteiger partial charge >= 0.3 is 0 Å². The normalized spacial score (nSPS) is 10.0. The van der Waals surface area contributed by atoms with Crippen LogP contribution in [0.2, 0.25) is 0 Å². The Morgan fingerprint density at radius 2 is 2.35 bits per heavy atom. The molecule has 0 aliphatic heterocycles. The van der Waals surface area contributed by atoms with Gasteiger partial charge in [0.05, 0.1) is 17.5 Å². The number of carbonyl (C=O) groups is 1. The van der Waals surface area contributed by atoms with Crippen LogP contribution >= 0.6 is 20.6 Å². The molecule has 1 aromatic carbocycles. The van der Waals surface area contributed by atoms with Gasteiger partial charge in [0.25, 0.3) is 0 Å². The third kappa shape index (κ3) is 2.81. The molecule has 0 saturated heterocycles. The molecule has 17 heavy (non-hydrogen) atoms. The monoisotopic (exact) mass is 266 g/mol. The number of hydrogen-bond acceptors (Lipinski definition) is 4. The van der Waals surface area contributed by atoms with Gasteiger partial charge in [0.1, 0.15) is 5.75 Å². The Bertz CT molecular complexity index is 528. The number of nitrogens with one attached hydrogen (secondary N) is 1. The van der Waals surface area contributed by atoms with E-state index in [9.17, 15) is 4.79 Å². The Labute approximate surface area is 105 Å². The minimum absolute atomic E-state index is 0.183. The van der Waals surface area contributed by atoms with Crippen molar-refractivity contribution in [2.24, 2.45) is 0 Å². The summed E-state index contributed by atoms with van der Waals surface area (Å²) < 4.78 is 5.31. The molecule has 0 aliphatic carbocycles. The van der Waals surface area contributed by atoms with Crippen molar-refractivity contribution in [2.75, 3.05) is 12.4 Å². The lowest BCUT2D eigenvalue weighted by Gasteiger charge is -2.09. The van der Waals surface area contributed by atoms with Crippen LogP contribution in [0.25, 0.3) is 10.4 Å². The van der Waals surface area contributed by atoms with Gasteiger partial charge in [-0.1, -0.05) is 0 Å². The first-order chi connectivity index (χ1) is 8.20. The van der Waals surface area contributed by atoms with E-state index in [2.05, 4.69) is 19.5 Å². The Morgan fingerprint density at radius 3 is 2.94 bits per heavy atom. The van der Waals surface area contributed by atoms with Gasteiger partial charge in [0.2, 0.25) is 5.65 Å². The van der Waals surface area contributed by atoms with Gasteiger partial charge in [-0.25, -0.2) is 0 Å². The van der Waals surface area contributed by atoms with Crippen LogP contribution in [0.4, 0.5) is 10.5 Å². The van der Waals surface area contributed by atoms with E-state index in [1.807, 2.05) is 12.1 Å². The zero-order chi connectivity index (χ0) is 12.3. The molecule has 6 heteroatoms. The number of benzene rings is 1. The molecule has 1 unspecified atom stereocenters. The highest BCUT2D eigenvalue weighted by molar-refractivity contribution is 7.40. The SMILES string of the molecule is COc1cc(NC(=O)P)ccc1-c1cncs1. The van der Waals surface area contributed by atoms with Crippen LogP contribution in [0.1, 0.15) is 0 Å². The van der Waals surface area contributed by atoms with Crippen LogP contribution < -0.4 is 10.1 Å². The minimum atomic E-state index is -0.183. The fraction of sp³-hybridized carbons (Fsp3) is 0.0909. The van der Waals surface area contributed by atoms with Crippen LogP contribution in [0, 0.1) is 0 Å². The average molecular weight is 266 g/mol. The molecule has 0 radical (unpaired) electrons. The van der Waals surface area contributed by atoms with Gasteiger partial charge in [-0.2, -0.15) is 0 Å². The minimum Gasteiger partial charge on any atom is -0.496 e. The molecule has 0 bridgehead atoms. The first kappa shape index (κ1) is 12.0. The highest BCUT2D eigenvalue weighted by atomic mass is 32.1. The van der Waals surface area contributed by atoms with E-state index in [1.54, 1.807) is 36.2 Å². The van der Waals surface area contributed by atoms with E-state index >= 15 is 0 Å². The van der Waals surface area contributed by atoms with E-state index in [0.29, 0.717) is 11.4 Å². The summed E-state index contributed by atoms with van der Waals surface area (Å²) in [5.74, 6) is 0.713. The third-order valence-electron chi connectivity index (χ3n) is 2.17. The molecule has 2 rings (SSSR count). The number of carbonyl (C=O) groups excluding carboxylic acids is 1. The molecule has 1 amide bonds. The van der Waals surface area contributed by atoms with Crippen molar-refractivity contribution in [2.45, 2.75) is 0 Å². The number of anilines is 1. The van der Waals surface area contributed by atoms with Crippen LogP contribution in [-0.2, 0) is 0 Å². The summed E-state index contributed by atoms with van der Waals surface area (Å²) in [5.41, 5.74) is 3.26. The van der Waals surface area contributed by atoms with E-state index < -0.39 is 0 Å². The zero-order valence-corrected chi connectivity index (χ0v) is 11.1. The second kappa shape index (κ2) is 5.25. The van der Waals surface area contributed by atoms with Gasteiger partial charge in [0, 0.05) is 23.5 Å². The quantitative estimate of drug-likeness (QED) is 0.868. The lowest BCUT2D eigenvalue weighted by Crippen LogP contribution is -2.00. The van der Waals surface area contributed by atoms with E-state index in [1.165, 1.54) is 0 Å². The van der Waals surface area contributed by atoms with Crippen LogP contribution in [0.15, 0.2) is 29.9 Å². The average Bonchev–Trinajstić information content (AvgIpc) is 2.81. The summed E-state index contributed by atoms with van der Waals surface area (Å²) in [6, 6.07) is 5.53. The van der Waals surface area contributed by atoms with Crippen molar-refractivity contribution in [3.05, 3.63) is 29.9 Å². The molecule has 2 aromatic rings. The van der Waals surface area contributed by atoms with Crippen molar-refractivity contribution >= 4 is 31.9 Å². The lowest BCUT2D eigenvalue weighted by atomic mass is 10.1. The highest BCUT2D eigenvalue weighted by Gasteiger charge is 2.08. The number of ether oxygens (including phenoxy) is 1. The molecular formula is C11H11N2O2PS. The second-order valence-corrected chi connectivity index (χ2v) is 4.68. The van der Waals surface area contributed by atoms with Gasteiger partial charge in [-0.3, -0.25) is 9.78 Å². The smallest absolute Gasteiger partial charge is 0.239 e. The van der Waals surface area contributed by atoms with Crippen molar-refractivity contribution in [1.29, 1.82) is 0 Å². The fourth-order valence-electron chi connectivity index (χ4n) is 1.46. The van der Waals surface area contributed by atoms with Gasteiger partial charge in [-0.05, 0) is 21.4 Å². The standard InChI is InChI=1S/C11H11N2O2PS/c1-15-9-4-7(13-11(14)16)2-3-8(9)10-5-12-6-17-10/h2-6H,16H2,1H3,(H,13,14). The number of aromatic nitrogens is 1. The largest absolute Gasteiger partial charge is 0.496 e. The number of rotatable bonds is 3. The Kier molecular flexibility index (Phi) is 3.71. The Morgan fingerprint density at radius 1 is 1.53 bits per heavy atom. The maximum absolute atomic E-state index is 10.9. The molecule has 0 spiro atoms. The predicted octanol–water partition coefficient (Wildman–Crippen LogP) is 3.23. The maximum atomic E-state index is 10.9. The second-order valence-electron chi connectivity index (χ2n) is 3.27. The molecule has 1 heterocycles. The summed E-state index contributed by atoms with van der Waals surface area (Å²) in [6.07, 6.45) is 1.79. The van der Waals surface area contributed by atoms with Gasteiger partial charge in [-0.15, -0.1) is 11.3 Å². The van der Waals surface area contributed by atoms with Crippen molar-refractivity contribution in [1.82, 2.24) is 4.98 Å². The van der Waals surface area contributed by atoms with Gasteiger partial charge < -0.3 is 10.1 Å². The summed E-state index contributed by atoms with van der Waals surface area (Å²) in [5, 5.41) is 2.68. The van der Waals surface area contributed by atoms with Crippen molar-refractivity contribution < 1.29 is 9.53 Å². The number of nitrogens with zero attached hydrogens (tertiary/aromatic N) is 1. The lowest BCUT2D eigenvalue weighted by molar-refractivity contribution is 0.269. The third-order valence-corrected chi connectivity index (χ3v) is 3.12. The van der Waals surface area contributed by atoms with E-state index in [0.717, 1.165) is 10.4 Å². The number of hydrogen-bond donors (Lipinski definition) is 1. The first-order valence-corrected chi connectivity index (χ1v) is 6.30. The molecule has 1 atom stereocenters. The fourth-order valence-corrected chi connectivity index (χ4v) is 2.28. The number of methoxy groups -OCH3 is 1. The molecule has 0 aliphatic rings. The molecule has 0 fully saturated rings. The summed E-state index contributed by atoms with van der Waals surface area (Å²) in [4.78, 5) is 16.0. The number of amides is 1. The molecule has 4 nitrogen and oxygen atoms in total. The summed E-state index contributed by atoms with van der Waals surface area (Å²) in [6.45, 7) is 0. The van der Waals surface area contributed by atoms with Gasteiger partial charge in [0.15, 0.2) is 0 Å². The van der Waals surface area contributed by atoms with E-state index in [-0.39, 0.29) is 5.65 Å². The van der Waals surface area contributed by atoms with Crippen LogP contribution in [0.5, 0.6) is 5.75 Å². The first-order valence-electron chi connectivity index (χ1n) is 4.84. The predicted molar refractivity (Wildman–Crippen MR) is 72.8 cm³/mol. The van der Waals surface area contributed by atoms with Crippen LogP contribution in [0.3, 0.4) is 0 Å². The summed E-state index contributed by atoms with van der Waals surface area (Å²) in [7, 11) is 3.67.